The molecule has 0 aliphatic heterocycles. The highest BCUT2D eigenvalue weighted by Gasteiger charge is 2.06. The van der Waals surface area contributed by atoms with Crippen LogP contribution in [0.4, 0.5) is 4.79 Å². The van der Waals surface area contributed by atoms with E-state index >= 15 is 0 Å². The molecule has 2 N–H and O–H groups in total. The third-order valence-electron chi connectivity index (χ3n) is 1.70. The predicted molar refractivity (Wildman–Crippen MR) is 60.3 cm³/mol. The first-order valence-corrected chi connectivity index (χ1v) is 5.25. The van der Waals surface area contributed by atoms with Crippen molar-refractivity contribution in [1.29, 1.82) is 0 Å². The first-order valence-electron chi connectivity index (χ1n) is 4.46. The Bertz CT molecular complexity index is 343. The Balaban J connectivity index is 2.43. The van der Waals surface area contributed by atoms with Crippen molar-refractivity contribution < 1.29 is 14.6 Å². The molecule has 5 heteroatoms. The summed E-state index contributed by atoms with van der Waals surface area (Å²) in [6.07, 6.45) is -1.04. The van der Waals surface area contributed by atoms with Gasteiger partial charge in [-0.05, 0) is 35.0 Å². The Kier molecular flexibility index (Phi) is 4.42. The number of benzene rings is 1. The normalized spacial score (nSPS) is 11.9. The van der Waals surface area contributed by atoms with Gasteiger partial charge in [-0.15, -0.1) is 0 Å². The third-order valence-corrected chi connectivity index (χ3v) is 2.35. The van der Waals surface area contributed by atoms with Crippen molar-refractivity contribution >= 4 is 22.0 Å². The highest BCUT2D eigenvalue weighted by molar-refractivity contribution is 9.10. The molecule has 0 bridgehead atoms. The van der Waals surface area contributed by atoms with E-state index in [4.69, 9.17) is 9.84 Å². The molecule has 1 unspecified atom stereocenters. The average Bonchev–Trinajstić information content (AvgIpc) is 2.15. The van der Waals surface area contributed by atoms with Crippen LogP contribution in [0.3, 0.4) is 0 Å². The molecule has 0 aliphatic carbocycles. The van der Waals surface area contributed by atoms with Crippen LogP contribution in [0, 0.1) is 0 Å². The molecule has 0 radical (unpaired) electrons. The second-order valence-electron chi connectivity index (χ2n) is 3.09. The molecule has 1 amide bonds. The maximum atomic E-state index is 10.3. The van der Waals surface area contributed by atoms with E-state index in [1.54, 1.807) is 6.92 Å². The van der Waals surface area contributed by atoms with Crippen LogP contribution in [-0.4, -0.2) is 23.8 Å². The second-order valence-corrected chi connectivity index (χ2v) is 3.95. The van der Waals surface area contributed by atoms with Gasteiger partial charge in [-0.3, -0.25) is 0 Å². The molecule has 0 aromatic heterocycles. The molecule has 1 atom stereocenters. The summed E-state index contributed by atoms with van der Waals surface area (Å²) < 4.78 is 6.28. The number of ether oxygens (including phenoxy) is 1. The molecule has 4 nitrogen and oxygen atoms in total. The van der Waals surface area contributed by atoms with E-state index in [1.807, 2.05) is 24.3 Å². The average molecular weight is 274 g/mol. The van der Waals surface area contributed by atoms with Gasteiger partial charge in [-0.1, -0.05) is 12.1 Å². The van der Waals surface area contributed by atoms with Crippen molar-refractivity contribution in [2.45, 2.75) is 13.0 Å². The number of hydrogen-bond acceptors (Lipinski definition) is 2. The minimum atomic E-state index is -1.04. The molecule has 1 rings (SSSR count). The van der Waals surface area contributed by atoms with Gasteiger partial charge in [-0.2, -0.15) is 0 Å². The maximum Gasteiger partial charge on any atom is 0.404 e. The fraction of sp³-hybridized carbons (Fsp3) is 0.300. The van der Waals surface area contributed by atoms with E-state index in [1.165, 1.54) is 0 Å². The first-order chi connectivity index (χ1) is 7.09. The van der Waals surface area contributed by atoms with Gasteiger partial charge in [0.2, 0.25) is 0 Å². The van der Waals surface area contributed by atoms with Crippen molar-refractivity contribution in [2.75, 3.05) is 6.61 Å². The second kappa shape index (κ2) is 5.60. The van der Waals surface area contributed by atoms with Gasteiger partial charge in [0.15, 0.2) is 0 Å². The molecule has 0 saturated carbocycles. The molecule has 82 valence electrons. The zero-order valence-corrected chi connectivity index (χ0v) is 9.82. The fourth-order valence-electron chi connectivity index (χ4n) is 1.03. The monoisotopic (exact) mass is 273 g/mol. The summed E-state index contributed by atoms with van der Waals surface area (Å²) in [5, 5.41) is 10.8. The molecular weight excluding hydrogens is 262 g/mol. The SMILES string of the molecule is CC(COc1ccccc1Br)NC(=O)O. The van der Waals surface area contributed by atoms with Crippen LogP contribution in [0.25, 0.3) is 0 Å². The Morgan fingerprint density at radius 2 is 2.27 bits per heavy atom. The number of hydrogen-bond donors (Lipinski definition) is 2. The number of nitrogens with one attached hydrogen (secondary N) is 1. The zero-order chi connectivity index (χ0) is 11.3. The lowest BCUT2D eigenvalue weighted by atomic mass is 10.3. The van der Waals surface area contributed by atoms with Crippen molar-refractivity contribution in [1.82, 2.24) is 5.32 Å². The van der Waals surface area contributed by atoms with Crippen molar-refractivity contribution in [3.63, 3.8) is 0 Å². The van der Waals surface area contributed by atoms with Gasteiger partial charge in [0.25, 0.3) is 0 Å². The summed E-state index contributed by atoms with van der Waals surface area (Å²) in [6.45, 7) is 2.04. The van der Waals surface area contributed by atoms with Gasteiger partial charge < -0.3 is 15.2 Å². The number of amides is 1. The van der Waals surface area contributed by atoms with Gasteiger partial charge in [-0.25, -0.2) is 4.79 Å². The quantitative estimate of drug-likeness (QED) is 0.886. The van der Waals surface area contributed by atoms with Crippen LogP contribution in [0.1, 0.15) is 6.92 Å². The Morgan fingerprint density at radius 1 is 1.60 bits per heavy atom. The number of carbonyl (C=O) groups is 1. The standard InChI is InChI=1S/C10H12BrNO3/c1-7(12-10(13)14)6-15-9-5-3-2-4-8(9)11/h2-5,7,12H,6H2,1H3,(H,13,14). The van der Waals surface area contributed by atoms with E-state index in [2.05, 4.69) is 21.2 Å². The van der Waals surface area contributed by atoms with E-state index in [0.717, 1.165) is 4.47 Å². The zero-order valence-electron chi connectivity index (χ0n) is 8.24. The Morgan fingerprint density at radius 3 is 2.87 bits per heavy atom. The minimum absolute atomic E-state index is 0.241. The fourth-order valence-corrected chi connectivity index (χ4v) is 1.43. The van der Waals surface area contributed by atoms with Crippen LogP contribution in [-0.2, 0) is 0 Å². The van der Waals surface area contributed by atoms with E-state index in [-0.39, 0.29) is 6.04 Å². The molecular formula is C10H12BrNO3. The van der Waals surface area contributed by atoms with Crippen LogP contribution in [0.5, 0.6) is 5.75 Å². The van der Waals surface area contributed by atoms with Gasteiger partial charge >= 0.3 is 6.09 Å². The van der Waals surface area contributed by atoms with Crippen LogP contribution < -0.4 is 10.1 Å². The number of para-hydroxylation sites is 1. The number of rotatable bonds is 4. The van der Waals surface area contributed by atoms with E-state index in [9.17, 15) is 4.79 Å². The third kappa shape index (κ3) is 4.20. The van der Waals surface area contributed by atoms with E-state index < -0.39 is 6.09 Å². The Hall–Kier alpha value is -1.23. The summed E-state index contributed by atoms with van der Waals surface area (Å²) in [7, 11) is 0. The number of halogens is 1. The maximum absolute atomic E-state index is 10.3. The lowest BCUT2D eigenvalue weighted by Gasteiger charge is -2.13. The van der Waals surface area contributed by atoms with Crippen LogP contribution in [0.15, 0.2) is 28.7 Å². The summed E-state index contributed by atoms with van der Waals surface area (Å²) >= 11 is 3.34. The van der Waals surface area contributed by atoms with Crippen molar-refractivity contribution in [3.8, 4) is 5.75 Å². The first kappa shape index (κ1) is 11.8. The molecule has 1 aromatic rings. The molecule has 15 heavy (non-hydrogen) atoms. The summed E-state index contributed by atoms with van der Waals surface area (Å²) in [4.78, 5) is 10.3. The lowest BCUT2D eigenvalue weighted by Crippen LogP contribution is -2.35. The van der Waals surface area contributed by atoms with Crippen molar-refractivity contribution in [3.05, 3.63) is 28.7 Å². The van der Waals surface area contributed by atoms with Gasteiger partial charge in [0.1, 0.15) is 12.4 Å². The molecule has 0 heterocycles. The summed E-state index contributed by atoms with van der Waals surface area (Å²) in [5.41, 5.74) is 0. The lowest BCUT2D eigenvalue weighted by molar-refractivity contribution is 0.183. The molecule has 0 aliphatic rings. The summed E-state index contributed by atoms with van der Waals surface area (Å²) in [6, 6.07) is 7.18. The van der Waals surface area contributed by atoms with Crippen LogP contribution in [0.2, 0.25) is 0 Å². The van der Waals surface area contributed by atoms with Gasteiger partial charge in [0, 0.05) is 0 Å². The van der Waals surface area contributed by atoms with Gasteiger partial charge in [0.05, 0.1) is 10.5 Å². The van der Waals surface area contributed by atoms with Crippen molar-refractivity contribution in [2.24, 2.45) is 0 Å². The minimum Gasteiger partial charge on any atom is -0.490 e. The highest BCUT2D eigenvalue weighted by Crippen LogP contribution is 2.23. The smallest absolute Gasteiger partial charge is 0.404 e. The molecule has 1 aromatic carbocycles. The molecule has 0 fully saturated rings. The van der Waals surface area contributed by atoms with Crippen LogP contribution >= 0.6 is 15.9 Å². The summed E-state index contributed by atoms with van der Waals surface area (Å²) in [5.74, 6) is 0.705. The largest absolute Gasteiger partial charge is 0.490 e. The Labute approximate surface area is 96.4 Å². The predicted octanol–water partition coefficient (Wildman–Crippen LogP) is 2.48. The number of carboxylic acid groups (broad SMARTS) is 1. The topological polar surface area (TPSA) is 58.6 Å². The molecule has 0 saturated heterocycles. The molecule has 0 spiro atoms. The van der Waals surface area contributed by atoms with E-state index in [0.29, 0.717) is 12.4 Å². The highest BCUT2D eigenvalue weighted by atomic mass is 79.9.